The van der Waals surface area contributed by atoms with Crippen molar-refractivity contribution in [3.63, 3.8) is 0 Å². The van der Waals surface area contributed by atoms with Crippen LogP contribution in [0.2, 0.25) is 5.02 Å². The number of thioether (sulfide) groups is 1. The Morgan fingerprint density at radius 3 is 2.49 bits per heavy atom. The fraction of sp³-hybridized carbons (Fsp3) is 0.269. The van der Waals surface area contributed by atoms with E-state index in [0.29, 0.717) is 33.2 Å². The zero-order chi connectivity index (χ0) is 26.4. The predicted octanol–water partition coefficient (Wildman–Crippen LogP) is 5.93. The molecule has 0 spiro atoms. The fourth-order valence-electron chi connectivity index (χ4n) is 3.65. The van der Waals surface area contributed by atoms with Crippen molar-refractivity contribution in [2.75, 3.05) is 11.1 Å². The van der Waals surface area contributed by atoms with E-state index < -0.39 is 0 Å². The van der Waals surface area contributed by atoms with Crippen molar-refractivity contribution in [1.29, 1.82) is 0 Å². The highest BCUT2D eigenvalue weighted by atomic mass is 35.5. The average molecular weight is 555 g/mol. The summed E-state index contributed by atoms with van der Waals surface area (Å²) in [5, 5.41) is 18.3. The number of carbonyl (C=O) groups is 2. The van der Waals surface area contributed by atoms with Crippen molar-refractivity contribution in [3.8, 4) is 11.3 Å². The molecule has 0 bridgehead atoms. The van der Waals surface area contributed by atoms with Crippen LogP contribution >= 0.6 is 34.7 Å². The Hall–Kier alpha value is -3.21. The first-order valence-electron chi connectivity index (χ1n) is 11.8. The number of rotatable bonds is 10. The van der Waals surface area contributed by atoms with E-state index in [0.717, 1.165) is 11.3 Å². The molecule has 8 nitrogen and oxygen atoms in total. The number of hydrogen-bond donors (Lipinski definition) is 2. The van der Waals surface area contributed by atoms with Crippen LogP contribution in [-0.4, -0.2) is 37.3 Å². The molecule has 2 aromatic heterocycles. The van der Waals surface area contributed by atoms with E-state index in [9.17, 15) is 9.59 Å². The molecule has 11 heteroatoms. The second-order valence-corrected chi connectivity index (χ2v) is 10.8. The van der Waals surface area contributed by atoms with E-state index in [4.69, 9.17) is 11.6 Å². The highest BCUT2D eigenvalue weighted by Gasteiger charge is 2.26. The lowest BCUT2D eigenvalue weighted by atomic mass is 10.0. The molecule has 192 valence electrons. The van der Waals surface area contributed by atoms with Crippen LogP contribution in [0, 0.1) is 5.92 Å². The summed E-state index contributed by atoms with van der Waals surface area (Å²) in [6.45, 7) is 6.64. The second-order valence-electron chi connectivity index (χ2n) is 8.53. The first kappa shape index (κ1) is 26.8. The highest BCUT2D eigenvalue weighted by Crippen LogP contribution is 2.28. The minimum atomic E-state index is -0.329. The van der Waals surface area contributed by atoms with Gasteiger partial charge in [0.2, 0.25) is 5.91 Å². The molecule has 37 heavy (non-hydrogen) atoms. The zero-order valence-electron chi connectivity index (χ0n) is 20.6. The zero-order valence-corrected chi connectivity index (χ0v) is 23.0. The predicted molar refractivity (Wildman–Crippen MR) is 149 cm³/mol. The molecule has 0 aliphatic carbocycles. The van der Waals surface area contributed by atoms with Gasteiger partial charge in [-0.3, -0.25) is 9.59 Å². The first-order valence-corrected chi connectivity index (χ1v) is 14.0. The summed E-state index contributed by atoms with van der Waals surface area (Å²) in [5.74, 6) is 0.545. The molecule has 2 aromatic carbocycles. The highest BCUT2D eigenvalue weighted by molar-refractivity contribution is 7.99. The van der Waals surface area contributed by atoms with E-state index in [1.165, 1.54) is 23.1 Å². The third-order valence-corrected chi connectivity index (χ3v) is 7.53. The van der Waals surface area contributed by atoms with Crippen molar-refractivity contribution >= 4 is 51.6 Å². The van der Waals surface area contributed by atoms with Crippen molar-refractivity contribution in [2.45, 2.75) is 38.5 Å². The molecule has 0 aliphatic heterocycles. The number of amides is 2. The van der Waals surface area contributed by atoms with Gasteiger partial charge in [0.05, 0.1) is 17.5 Å². The number of benzene rings is 2. The van der Waals surface area contributed by atoms with Crippen molar-refractivity contribution in [1.82, 2.24) is 25.1 Å². The average Bonchev–Trinajstić information content (AvgIpc) is 3.53. The standard InChI is InChI=1S/C26H27ClN6O2S2/c1-4-33-23(22(16(2)3)30-24(35)18-8-6-5-7-9-18)31-32-26(33)37-15-21(34)29-25-28-20(14-36-25)17-10-12-19(27)13-11-17/h5-14,16,22H,4,15H2,1-3H3,(H,30,35)(H,28,29,34). The summed E-state index contributed by atoms with van der Waals surface area (Å²) in [6.07, 6.45) is 0. The van der Waals surface area contributed by atoms with Crippen LogP contribution in [0.4, 0.5) is 5.13 Å². The Morgan fingerprint density at radius 1 is 1.08 bits per heavy atom. The summed E-state index contributed by atoms with van der Waals surface area (Å²) in [4.78, 5) is 29.9. The maximum atomic E-state index is 12.8. The summed E-state index contributed by atoms with van der Waals surface area (Å²) in [5.41, 5.74) is 2.29. The number of aromatic nitrogens is 4. The van der Waals surface area contributed by atoms with E-state index in [1.807, 2.05) is 61.1 Å². The first-order chi connectivity index (χ1) is 17.9. The molecule has 0 radical (unpaired) electrons. The maximum absolute atomic E-state index is 12.8. The molecular weight excluding hydrogens is 528 g/mol. The number of nitrogens with one attached hydrogen (secondary N) is 2. The van der Waals surface area contributed by atoms with Crippen LogP contribution in [0.25, 0.3) is 11.3 Å². The van der Waals surface area contributed by atoms with Gasteiger partial charge in [0, 0.05) is 28.1 Å². The molecule has 1 unspecified atom stereocenters. The van der Waals surface area contributed by atoms with E-state index in [2.05, 4.69) is 25.8 Å². The monoisotopic (exact) mass is 554 g/mol. The Kier molecular flexibility index (Phi) is 8.96. The number of nitrogens with zero attached hydrogens (tertiary/aromatic N) is 4. The smallest absolute Gasteiger partial charge is 0.251 e. The van der Waals surface area contributed by atoms with Crippen molar-refractivity contribution < 1.29 is 9.59 Å². The van der Waals surface area contributed by atoms with Crippen LogP contribution in [0.3, 0.4) is 0 Å². The minimum Gasteiger partial charge on any atom is -0.342 e. The number of thiazole rings is 1. The molecule has 0 saturated heterocycles. The maximum Gasteiger partial charge on any atom is 0.251 e. The number of hydrogen-bond acceptors (Lipinski definition) is 7. The van der Waals surface area contributed by atoms with Crippen LogP contribution in [0.15, 0.2) is 65.1 Å². The van der Waals surface area contributed by atoms with Gasteiger partial charge in [-0.05, 0) is 37.1 Å². The molecular formula is C26H27ClN6O2S2. The van der Waals surface area contributed by atoms with Gasteiger partial charge in [-0.2, -0.15) is 0 Å². The van der Waals surface area contributed by atoms with Crippen LogP contribution < -0.4 is 10.6 Å². The molecule has 2 N–H and O–H groups in total. The molecule has 0 aliphatic rings. The fourth-order valence-corrected chi connectivity index (χ4v) is 5.32. The Bertz CT molecular complexity index is 1360. The lowest BCUT2D eigenvalue weighted by Crippen LogP contribution is -2.33. The minimum absolute atomic E-state index is 0.0862. The van der Waals surface area contributed by atoms with Gasteiger partial charge in [0.25, 0.3) is 5.91 Å². The number of anilines is 1. The third kappa shape index (κ3) is 6.76. The van der Waals surface area contributed by atoms with Crippen molar-refractivity contribution in [3.05, 3.63) is 76.4 Å². The summed E-state index contributed by atoms with van der Waals surface area (Å²) >= 11 is 8.61. The van der Waals surface area contributed by atoms with Crippen LogP contribution in [0.1, 0.15) is 43.0 Å². The van der Waals surface area contributed by atoms with E-state index >= 15 is 0 Å². The van der Waals surface area contributed by atoms with Crippen LogP contribution in [0.5, 0.6) is 0 Å². The van der Waals surface area contributed by atoms with Gasteiger partial charge in [-0.25, -0.2) is 4.98 Å². The Morgan fingerprint density at radius 2 is 1.81 bits per heavy atom. The second kappa shape index (κ2) is 12.4. The van der Waals surface area contributed by atoms with Gasteiger partial charge < -0.3 is 15.2 Å². The molecule has 0 saturated carbocycles. The van der Waals surface area contributed by atoms with Crippen molar-refractivity contribution in [2.24, 2.45) is 5.92 Å². The quantitative estimate of drug-likeness (QED) is 0.235. The topological polar surface area (TPSA) is 102 Å². The SMILES string of the molecule is CCn1c(SCC(=O)Nc2nc(-c3ccc(Cl)cc3)cs2)nnc1C(NC(=O)c1ccccc1)C(C)C. The molecule has 2 amide bonds. The van der Waals surface area contributed by atoms with E-state index in [-0.39, 0.29) is 29.5 Å². The Labute approximate surface area is 228 Å². The number of halogens is 1. The molecule has 4 aromatic rings. The largest absolute Gasteiger partial charge is 0.342 e. The summed E-state index contributed by atoms with van der Waals surface area (Å²) in [7, 11) is 0. The third-order valence-electron chi connectivity index (χ3n) is 5.55. The summed E-state index contributed by atoms with van der Waals surface area (Å²) < 4.78 is 1.94. The van der Waals surface area contributed by atoms with Gasteiger partial charge in [0.15, 0.2) is 16.1 Å². The molecule has 4 rings (SSSR count). The normalized spacial score (nSPS) is 11.9. The summed E-state index contributed by atoms with van der Waals surface area (Å²) in [6, 6.07) is 16.1. The van der Waals surface area contributed by atoms with Crippen LogP contribution in [-0.2, 0) is 11.3 Å². The lowest BCUT2D eigenvalue weighted by molar-refractivity contribution is -0.113. The molecule has 2 heterocycles. The van der Waals surface area contributed by atoms with Gasteiger partial charge in [0.1, 0.15) is 0 Å². The van der Waals surface area contributed by atoms with Gasteiger partial charge in [-0.15, -0.1) is 21.5 Å². The lowest BCUT2D eigenvalue weighted by Gasteiger charge is -2.22. The van der Waals surface area contributed by atoms with Gasteiger partial charge in [-0.1, -0.05) is 67.5 Å². The Balaban J connectivity index is 1.40. The molecule has 1 atom stereocenters. The van der Waals surface area contributed by atoms with E-state index in [1.54, 1.807) is 24.3 Å². The molecule has 0 fully saturated rings. The number of carbonyl (C=O) groups excluding carboxylic acids is 2. The van der Waals surface area contributed by atoms with Gasteiger partial charge >= 0.3 is 0 Å².